The molecule has 0 radical (unpaired) electrons. The normalized spacial score (nSPS) is 22.4. The summed E-state index contributed by atoms with van der Waals surface area (Å²) in [7, 11) is 0. The van der Waals surface area contributed by atoms with Gasteiger partial charge in [-0.2, -0.15) is 0 Å². The van der Waals surface area contributed by atoms with Crippen molar-refractivity contribution in [1.82, 2.24) is 0 Å². The Labute approximate surface area is 153 Å². The lowest BCUT2D eigenvalue weighted by molar-refractivity contribution is -0.118. The Bertz CT molecular complexity index is 859. The largest absolute Gasteiger partial charge is 0.294 e. The van der Waals surface area contributed by atoms with E-state index in [1.165, 1.54) is 20.9 Å². The molecule has 2 aromatic carbocycles. The van der Waals surface area contributed by atoms with E-state index in [1.54, 1.807) is 11.8 Å². The Morgan fingerprint density at radius 1 is 0.920 bits per heavy atom. The highest BCUT2D eigenvalue weighted by Crippen LogP contribution is 2.53. The number of carbonyl (C=O) groups excluding carboxylic acids is 1. The Kier molecular flexibility index (Phi) is 4.16. The van der Waals surface area contributed by atoms with Gasteiger partial charge in [0.1, 0.15) is 0 Å². The molecule has 4 rings (SSSR count). The fourth-order valence-electron chi connectivity index (χ4n) is 3.80. The van der Waals surface area contributed by atoms with E-state index < -0.39 is 0 Å². The van der Waals surface area contributed by atoms with Crippen molar-refractivity contribution in [2.75, 3.05) is 0 Å². The first-order chi connectivity index (χ1) is 12.0. The first-order valence-corrected chi connectivity index (χ1v) is 9.61. The van der Waals surface area contributed by atoms with Crippen LogP contribution in [-0.4, -0.2) is 5.78 Å². The number of hydrogen-bond donors (Lipinski definition) is 0. The van der Waals surface area contributed by atoms with E-state index in [2.05, 4.69) is 68.5 Å². The smallest absolute Gasteiger partial charge is 0.161 e. The molecular weight excluding hydrogens is 324 g/mol. The minimum absolute atomic E-state index is 0.0449. The molecule has 2 aromatic rings. The third kappa shape index (κ3) is 3.23. The summed E-state index contributed by atoms with van der Waals surface area (Å²) < 4.78 is 0. The Hall–Kier alpha value is -2.06. The van der Waals surface area contributed by atoms with Crippen molar-refractivity contribution in [3.63, 3.8) is 0 Å². The van der Waals surface area contributed by atoms with E-state index in [0.29, 0.717) is 12.2 Å². The van der Waals surface area contributed by atoms with Gasteiger partial charge in [0.2, 0.25) is 0 Å². The van der Waals surface area contributed by atoms with Gasteiger partial charge in [-0.1, -0.05) is 92.3 Å². The van der Waals surface area contributed by atoms with E-state index in [4.69, 9.17) is 0 Å². The molecule has 0 N–H and O–H groups in total. The van der Waals surface area contributed by atoms with Crippen molar-refractivity contribution >= 4 is 22.5 Å². The second kappa shape index (κ2) is 6.34. The third-order valence-corrected chi connectivity index (χ3v) is 6.16. The van der Waals surface area contributed by atoms with Crippen LogP contribution in [0.15, 0.2) is 77.2 Å². The van der Waals surface area contributed by atoms with Crippen LogP contribution in [0.2, 0.25) is 0 Å². The van der Waals surface area contributed by atoms with Gasteiger partial charge in [-0.3, -0.25) is 4.79 Å². The second-order valence-electron chi connectivity index (χ2n) is 7.67. The highest BCUT2D eigenvalue weighted by Gasteiger charge is 2.38. The molecule has 0 unspecified atom stereocenters. The molecule has 2 heteroatoms. The molecule has 0 spiro atoms. The lowest BCUT2D eigenvalue weighted by atomic mass is 9.73. The van der Waals surface area contributed by atoms with E-state index in [0.717, 1.165) is 12.0 Å². The zero-order chi connectivity index (χ0) is 17.4. The van der Waals surface area contributed by atoms with Crippen LogP contribution in [0.25, 0.3) is 4.91 Å². The second-order valence-corrected chi connectivity index (χ2v) is 8.80. The maximum Gasteiger partial charge on any atom is 0.161 e. The first-order valence-electron chi connectivity index (χ1n) is 8.80. The zero-order valence-corrected chi connectivity index (χ0v) is 15.5. The van der Waals surface area contributed by atoms with Crippen LogP contribution in [0.5, 0.6) is 0 Å². The Balaban J connectivity index is 1.84. The highest BCUT2D eigenvalue weighted by molar-refractivity contribution is 8.11. The molecule has 0 aromatic heterocycles. The summed E-state index contributed by atoms with van der Waals surface area (Å²) in [6.45, 7) is 4.40. The average Bonchev–Trinajstić information content (AvgIpc) is 2.61. The number of allylic oxidation sites excluding steroid dienone is 3. The summed E-state index contributed by atoms with van der Waals surface area (Å²) in [5.41, 5.74) is 3.51. The molecule has 0 saturated carbocycles. The molecule has 126 valence electrons. The van der Waals surface area contributed by atoms with Crippen LogP contribution in [0, 0.1) is 5.41 Å². The van der Waals surface area contributed by atoms with Crippen molar-refractivity contribution in [2.24, 2.45) is 5.41 Å². The summed E-state index contributed by atoms with van der Waals surface area (Å²) in [6, 6.07) is 20.9. The van der Waals surface area contributed by atoms with Crippen molar-refractivity contribution < 1.29 is 4.79 Å². The van der Waals surface area contributed by atoms with Gasteiger partial charge in [-0.05, 0) is 27.9 Å². The van der Waals surface area contributed by atoms with Crippen LogP contribution >= 0.6 is 11.8 Å². The first kappa shape index (κ1) is 16.4. The quantitative estimate of drug-likeness (QED) is 0.644. The van der Waals surface area contributed by atoms with Gasteiger partial charge in [-0.25, -0.2) is 0 Å². The van der Waals surface area contributed by atoms with Gasteiger partial charge in [0.15, 0.2) is 5.78 Å². The monoisotopic (exact) mass is 346 g/mol. The predicted molar refractivity (Wildman–Crippen MR) is 106 cm³/mol. The number of thioether (sulfide) groups is 1. The number of hydrogen-bond acceptors (Lipinski definition) is 2. The van der Waals surface area contributed by atoms with E-state index in [-0.39, 0.29) is 11.3 Å². The van der Waals surface area contributed by atoms with Gasteiger partial charge in [0, 0.05) is 22.8 Å². The van der Waals surface area contributed by atoms with E-state index in [1.807, 2.05) is 12.1 Å². The lowest BCUT2D eigenvalue weighted by Gasteiger charge is -2.37. The molecule has 25 heavy (non-hydrogen) atoms. The van der Waals surface area contributed by atoms with Crippen molar-refractivity contribution in [3.8, 4) is 0 Å². The van der Waals surface area contributed by atoms with Crippen LogP contribution in [0.3, 0.4) is 0 Å². The van der Waals surface area contributed by atoms with Crippen LogP contribution in [0.1, 0.15) is 43.7 Å². The van der Waals surface area contributed by atoms with Crippen molar-refractivity contribution in [2.45, 2.75) is 32.6 Å². The molecule has 1 atom stereocenters. The molecule has 1 aliphatic heterocycles. The number of Topliss-reactive ketones (excluding diaryl/α,β-unsaturated/α-hetero) is 1. The molecular formula is C23H22OS. The minimum atomic E-state index is 0.0449. The number of ketones is 1. The number of rotatable bonds is 2. The fourth-order valence-corrected chi connectivity index (χ4v) is 5.34. The van der Waals surface area contributed by atoms with E-state index >= 15 is 0 Å². The molecule has 2 aliphatic rings. The fraction of sp³-hybridized carbons (Fsp3) is 0.261. The SMILES string of the molecule is CC1(C)CC(=O)C2=C(C1)SC(c1ccccc1)=C[C@@H]2c1ccccc1. The Morgan fingerprint density at radius 3 is 2.24 bits per heavy atom. The standard InChI is InChI=1S/C23H22OS/c1-23(2)14-19(24)22-18(16-9-5-3-6-10-16)13-20(25-21(22)15-23)17-11-7-4-8-12-17/h3-13,18H,14-15H2,1-2H3/t18-/m1/s1. The van der Waals surface area contributed by atoms with Gasteiger partial charge in [0.25, 0.3) is 0 Å². The maximum atomic E-state index is 13.0. The summed E-state index contributed by atoms with van der Waals surface area (Å²) in [5, 5.41) is 0. The van der Waals surface area contributed by atoms with Gasteiger partial charge in [-0.15, -0.1) is 0 Å². The Morgan fingerprint density at radius 2 is 1.56 bits per heavy atom. The molecule has 0 amide bonds. The summed E-state index contributed by atoms with van der Waals surface area (Å²) >= 11 is 1.79. The average molecular weight is 346 g/mol. The van der Waals surface area contributed by atoms with Crippen molar-refractivity contribution in [3.05, 3.63) is 88.3 Å². The summed E-state index contributed by atoms with van der Waals surface area (Å²) in [4.78, 5) is 15.5. The molecule has 1 aliphatic carbocycles. The van der Waals surface area contributed by atoms with Crippen LogP contribution in [0.4, 0.5) is 0 Å². The minimum Gasteiger partial charge on any atom is -0.294 e. The van der Waals surface area contributed by atoms with Gasteiger partial charge >= 0.3 is 0 Å². The lowest BCUT2D eigenvalue weighted by Crippen LogP contribution is -2.28. The third-order valence-electron chi connectivity index (χ3n) is 4.96. The predicted octanol–water partition coefficient (Wildman–Crippen LogP) is 6.20. The number of carbonyl (C=O) groups is 1. The number of benzene rings is 2. The molecule has 0 bridgehead atoms. The van der Waals surface area contributed by atoms with E-state index in [9.17, 15) is 4.79 Å². The molecule has 1 heterocycles. The van der Waals surface area contributed by atoms with Crippen LogP contribution in [-0.2, 0) is 4.79 Å². The van der Waals surface area contributed by atoms with Crippen LogP contribution < -0.4 is 0 Å². The van der Waals surface area contributed by atoms with Gasteiger partial charge < -0.3 is 0 Å². The highest BCUT2D eigenvalue weighted by atomic mass is 32.2. The molecule has 1 nitrogen and oxygen atoms in total. The topological polar surface area (TPSA) is 17.1 Å². The summed E-state index contributed by atoms with van der Waals surface area (Å²) in [5.74, 6) is 0.382. The zero-order valence-electron chi connectivity index (χ0n) is 14.7. The molecule has 0 saturated heterocycles. The van der Waals surface area contributed by atoms with Gasteiger partial charge in [0.05, 0.1) is 0 Å². The van der Waals surface area contributed by atoms with Crippen molar-refractivity contribution in [1.29, 1.82) is 0 Å². The molecule has 0 fully saturated rings. The maximum absolute atomic E-state index is 13.0. The summed E-state index contributed by atoms with van der Waals surface area (Å²) in [6.07, 6.45) is 3.90.